The van der Waals surface area contributed by atoms with Crippen LogP contribution in [0.25, 0.3) is 0 Å². The van der Waals surface area contributed by atoms with Gasteiger partial charge in [0.15, 0.2) is 0 Å². The zero-order valence-electron chi connectivity index (χ0n) is 21.6. The lowest BCUT2D eigenvalue weighted by Gasteiger charge is -2.23. The summed E-state index contributed by atoms with van der Waals surface area (Å²) in [6.45, 7) is 6.93. The SMILES string of the molecule is CCN(CC)c1ccc(N=Nc2ccc(S(=O)(=O)N(C)C)cc2)c(S(=O)(=O)NCCN2C=CC=CC2)c1. The minimum atomic E-state index is -3.89. The van der Waals surface area contributed by atoms with Crippen molar-refractivity contribution >= 4 is 37.1 Å². The van der Waals surface area contributed by atoms with Crippen molar-refractivity contribution in [3.8, 4) is 0 Å². The van der Waals surface area contributed by atoms with Crippen molar-refractivity contribution < 1.29 is 16.8 Å². The Bertz CT molecular complexity index is 1360. The third-order valence-corrected chi connectivity index (χ3v) is 9.14. The molecule has 0 unspecified atom stereocenters. The second kappa shape index (κ2) is 12.5. The third kappa shape index (κ3) is 7.25. The Morgan fingerprint density at radius 2 is 1.65 bits per heavy atom. The Morgan fingerprint density at radius 1 is 0.946 bits per heavy atom. The quantitative estimate of drug-likeness (QED) is 0.404. The van der Waals surface area contributed by atoms with Gasteiger partial charge in [-0.05, 0) is 68.6 Å². The molecular formula is C25H34N6O4S2. The van der Waals surface area contributed by atoms with Gasteiger partial charge in [0.05, 0.1) is 10.6 Å². The Kier molecular flexibility index (Phi) is 9.60. The van der Waals surface area contributed by atoms with Crippen molar-refractivity contribution in [1.29, 1.82) is 0 Å². The molecule has 0 atom stereocenters. The highest BCUT2D eigenvalue weighted by atomic mass is 32.2. The number of azo groups is 1. The van der Waals surface area contributed by atoms with Crippen LogP contribution < -0.4 is 9.62 Å². The summed E-state index contributed by atoms with van der Waals surface area (Å²) >= 11 is 0. The van der Waals surface area contributed by atoms with E-state index in [9.17, 15) is 16.8 Å². The predicted molar refractivity (Wildman–Crippen MR) is 147 cm³/mol. The van der Waals surface area contributed by atoms with Gasteiger partial charge in [-0.1, -0.05) is 12.2 Å². The zero-order chi connectivity index (χ0) is 27.1. The molecule has 1 N–H and O–H groups in total. The molecule has 0 aliphatic carbocycles. The molecule has 0 amide bonds. The number of benzene rings is 2. The summed E-state index contributed by atoms with van der Waals surface area (Å²) in [7, 11) is -4.53. The summed E-state index contributed by atoms with van der Waals surface area (Å²) in [5, 5.41) is 8.39. The number of hydrogen-bond donors (Lipinski definition) is 1. The molecular weight excluding hydrogens is 512 g/mol. The van der Waals surface area contributed by atoms with Crippen LogP contribution in [-0.4, -0.2) is 72.9 Å². The van der Waals surface area contributed by atoms with Crippen molar-refractivity contribution in [1.82, 2.24) is 13.9 Å². The average molecular weight is 547 g/mol. The molecule has 0 saturated carbocycles. The molecule has 0 saturated heterocycles. The number of nitrogens with one attached hydrogen (secondary N) is 1. The summed E-state index contributed by atoms with van der Waals surface area (Å²) in [4.78, 5) is 4.22. The van der Waals surface area contributed by atoms with Gasteiger partial charge in [-0.15, -0.1) is 5.11 Å². The molecule has 0 radical (unpaired) electrons. The number of nitrogens with zero attached hydrogens (tertiary/aromatic N) is 5. The van der Waals surface area contributed by atoms with E-state index >= 15 is 0 Å². The third-order valence-electron chi connectivity index (χ3n) is 5.83. The zero-order valence-corrected chi connectivity index (χ0v) is 23.2. The van der Waals surface area contributed by atoms with Crippen LogP contribution in [0.5, 0.6) is 0 Å². The Balaban J connectivity index is 1.88. The Hall–Kier alpha value is -3.06. The van der Waals surface area contributed by atoms with Gasteiger partial charge in [-0.2, -0.15) is 5.11 Å². The minimum Gasteiger partial charge on any atom is -0.372 e. The van der Waals surface area contributed by atoms with Crippen molar-refractivity contribution in [3.63, 3.8) is 0 Å². The molecule has 1 heterocycles. The highest BCUT2D eigenvalue weighted by molar-refractivity contribution is 7.89. The molecule has 0 bridgehead atoms. The molecule has 1 aliphatic rings. The largest absolute Gasteiger partial charge is 0.372 e. The highest BCUT2D eigenvalue weighted by Gasteiger charge is 2.21. The summed E-state index contributed by atoms with van der Waals surface area (Å²) in [5.74, 6) is 0. The molecule has 200 valence electrons. The van der Waals surface area contributed by atoms with Crippen LogP contribution in [0.2, 0.25) is 0 Å². The lowest BCUT2D eigenvalue weighted by Crippen LogP contribution is -2.33. The van der Waals surface area contributed by atoms with Crippen LogP contribution in [0.15, 0.2) is 86.9 Å². The van der Waals surface area contributed by atoms with E-state index in [0.717, 1.165) is 29.6 Å². The predicted octanol–water partition coefficient (Wildman–Crippen LogP) is 3.86. The first-order valence-electron chi connectivity index (χ1n) is 12.0. The summed E-state index contributed by atoms with van der Waals surface area (Å²) in [5.41, 5.74) is 1.35. The molecule has 12 heteroatoms. The van der Waals surface area contributed by atoms with Crippen molar-refractivity contribution in [2.45, 2.75) is 23.6 Å². The number of hydrogen-bond acceptors (Lipinski definition) is 8. The van der Waals surface area contributed by atoms with Crippen molar-refractivity contribution in [2.24, 2.45) is 10.2 Å². The van der Waals surface area contributed by atoms with Crippen LogP contribution in [0.4, 0.5) is 17.1 Å². The first-order chi connectivity index (χ1) is 17.6. The van der Waals surface area contributed by atoms with Crippen LogP contribution in [0.1, 0.15) is 13.8 Å². The van der Waals surface area contributed by atoms with E-state index in [1.54, 1.807) is 12.1 Å². The van der Waals surface area contributed by atoms with E-state index in [-0.39, 0.29) is 22.0 Å². The van der Waals surface area contributed by atoms with Gasteiger partial charge >= 0.3 is 0 Å². The van der Waals surface area contributed by atoms with Crippen LogP contribution in [-0.2, 0) is 20.0 Å². The minimum absolute atomic E-state index is 0.0292. The molecule has 3 rings (SSSR count). The monoisotopic (exact) mass is 546 g/mol. The first-order valence-corrected chi connectivity index (χ1v) is 14.9. The molecule has 1 aliphatic heterocycles. The number of rotatable bonds is 12. The molecule has 0 spiro atoms. The van der Waals surface area contributed by atoms with Gasteiger partial charge in [0, 0.05) is 52.5 Å². The molecule has 2 aromatic rings. The van der Waals surface area contributed by atoms with Crippen LogP contribution in [0.3, 0.4) is 0 Å². The van der Waals surface area contributed by atoms with Gasteiger partial charge < -0.3 is 9.80 Å². The van der Waals surface area contributed by atoms with Gasteiger partial charge in [0.1, 0.15) is 10.6 Å². The van der Waals surface area contributed by atoms with Gasteiger partial charge in [-0.25, -0.2) is 25.9 Å². The second-order valence-electron chi connectivity index (χ2n) is 8.47. The van der Waals surface area contributed by atoms with Crippen molar-refractivity contribution in [2.75, 3.05) is 51.7 Å². The normalized spacial score (nSPS) is 14.1. The maximum atomic E-state index is 13.3. The van der Waals surface area contributed by atoms with E-state index in [2.05, 4.69) is 19.9 Å². The maximum Gasteiger partial charge on any atom is 0.242 e. The van der Waals surface area contributed by atoms with Gasteiger partial charge in [0.25, 0.3) is 0 Å². The second-order valence-corrected chi connectivity index (χ2v) is 12.4. The number of allylic oxidation sites excluding steroid dienone is 2. The molecule has 0 aromatic heterocycles. The van der Waals surface area contributed by atoms with E-state index in [4.69, 9.17) is 0 Å². The summed E-state index contributed by atoms with van der Waals surface area (Å²) < 4.78 is 55.0. The lowest BCUT2D eigenvalue weighted by atomic mass is 10.2. The summed E-state index contributed by atoms with van der Waals surface area (Å²) in [6.07, 6.45) is 7.78. The smallest absolute Gasteiger partial charge is 0.242 e. The van der Waals surface area contributed by atoms with E-state index < -0.39 is 20.0 Å². The molecule has 37 heavy (non-hydrogen) atoms. The van der Waals surface area contributed by atoms with E-state index in [1.165, 1.54) is 38.4 Å². The van der Waals surface area contributed by atoms with Crippen LogP contribution in [0, 0.1) is 0 Å². The topological polar surface area (TPSA) is 115 Å². The Labute approximate surface area is 220 Å². The average Bonchev–Trinajstić information content (AvgIpc) is 2.89. The van der Waals surface area contributed by atoms with Crippen molar-refractivity contribution in [3.05, 3.63) is 66.9 Å². The lowest BCUT2D eigenvalue weighted by molar-refractivity contribution is 0.415. The summed E-state index contributed by atoms with van der Waals surface area (Å²) in [6, 6.07) is 11.0. The van der Waals surface area contributed by atoms with E-state index in [0.29, 0.717) is 12.2 Å². The molecule has 0 fully saturated rings. The fourth-order valence-electron chi connectivity index (χ4n) is 3.67. The maximum absolute atomic E-state index is 13.3. The standard InChI is InChI=1S/C25H34N6O4S2/c1-5-31(6-2)22-12-15-24(28-27-21-10-13-23(14-11-21)37(34,35)29(3)4)25(20-22)36(32,33)26-16-19-30-17-8-7-9-18-30/h7-15,17,20,26H,5-6,16,18-19H2,1-4H3. The van der Waals surface area contributed by atoms with Gasteiger partial charge in [0.2, 0.25) is 20.0 Å². The van der Waals surface area contributed by atoms with E-state index in [1.807, 2.05) is 49.2 Å². The first kappa shape index (κ1) is 28.5. The fraction of sp³-hybridized carbons (Fsp3) is 0.360. The Morgan fingerprint density at radius 3 is 2.24 bits per heavy atom. The molecule has 2 aromatic carbocycles. The fourth-order valence-corrected chi connectivity index (χ4v) is 5.74. The molecule has 10 nitrogen and oxygen atoms in total. The van der Waals surface area contributed by atoms with Crippen LogP contribution >= 0.6 is 0 Å². The highest BCUT2D eigenvalue weighted by Crippen LogP contribution is 2.31. The van der Waals surface area contributed by atoms with Gasteiger partial charge in [-0.3, -0.25) is 0 Å². The number of anilines is 1. The number of sulfonamides is 2.